The van der Waals surface area contributed by atoms with E-state index in [1.54, 1.807) is 12.4 Å². The van der Waals surface area contributed by atoms with Crippen molar-refractivity contribution in [3.05, 3.63) is 30.6 Å². The molecular weight excluding hydrogens is 274 g/mol. The number of nitrogens with two attached hydrogens (primary N) is 1. The Morgan fingerprint density at radius 1 is 1.25 bits per heavy atom. The van der Waals surface area contributed by atoms with Gasteiger partial charge in [-0.2, -0.15) is 0 Å². The highest BCUT2D eigenvalue weighted by molar-refractivity contribution is 7.91. The predicted octanol–water partition coefficient (Wildman–Crippen LogP) is 1.81. The van der Waals surface area contributed by atoms with Gasteiger partial charge < -0.3 is 11.1 Å². The molecule has 3 rings (SSSR count). The Bertz CT molecular complexity index is 743. The standard InChI is InChI=1S/C14H17N3O2S/c15-13-3-4-14(11-5-6-16-8-12(11)13)17-10-2-1-7-20(18,19)9-10/h3-6,8,10,17H,1-2,7,9,15H2. The molecule has 1 aliphatic rings. The second-order valence-electron chi connectivity index (χ2n) is 5.22. The number of aromatic nitrogens is 1. The summed E-state index contributed by atoms with van der Waals surface area (Å²) in [5.41, 5.74) is 7.53. The van der Waals surface area contributed by atoms with E-state index in [4.69, 9.17) is 5.73 Å². The van der Waals surface area contributed by atoms with E-state index in [2.05, 4.69) is 10.3 Å². The number of nitrogen functional groups attached to an aromatic ring is 1. The van der Waals surface area contributed by atoms with Crippen molar-refractivity contribution in [3.63, 3.8) is 0 Å². The summed E-state index contributed by atoms with van der Waals surface area (Å²) in [6.07, 6.45) is 5.03. The molecule has 5 nitrogen and oxygen atoms in total. The lowest BCUT2D eigenvalue weighted by Gasteiger charge is -2.24. The summed E-state index contributed by atoms with van der Waals surface area (Å²) >= 11 is 0. The normalized spacial score (nSPS) is 21.7. The first-order valence-corrected chi connectivity index (χ1v) is 8.46. The highest BCUT2D eigenvalue weighted by atomic mass is 32.2. The third kappa shape index (κ3) is 2.56. The van der Waals surface area contributed by atoms with Crippen molar-refractivity contribution in [2.45, 2.75) is 18.9 Å². The zero-order valence-electron chi connectivity index (χ0n) is 11.0. The molecule has 2 heterocycles. The Kier molecular flexibility index (Phi) is 3.25. The maximum Gasteiger partial charge on any atom is 0.152 e. The number of rotatable bonds is 2. The van der Waals surface area contributed by atoms with Gasteiger partial charge in [-0.15, -0.1) is 0 Å². The molecule has 0 saturated carbocycles. The SMILES string of the molecule is Nc1ccc(NC2CCCS(=O)(=O)C2)c2ccncc12. The molecule has 3 N–H and O–H groups in total. The average molecular weight is 291 g/mol. The van der Waals surface area contributed by atoms with Crippen molar-refractivity contribution in [2.75, 3.05) is 22.6 Å². The van der Waals surface area contributed by atoms with Crippen LogP contribution >= 0.6 is 0 Å². The molecule has 106 valence electrons. The summed E-state index contributed by atoms with van der Waals surface area (Å²) in [5, 5.41) is 5.20. The molecule has 1 aromatic heterocycles. The topological polar surface area (TPSA) is 85.1 Å². The quantitative estimate of drug-likeness (QED) is 0.824. The zero-order valence-corrected chi connectivity index (χ0v) is 11.9. The second-order valence-corrected chi connectivity index (χ2v) is 7.45. The fourth-order valence-corrected chi connectivity index (χ4v) is 4.33. The summed E-state index contributed by atoms with van der Waals surface area (Å²) in [4.78, 5) is 4.08. The molecule has 1 aromatic carbocycles. The Morgan fingerprint density at radius 3 is 2.90 bits per heavy atom. The highest BCUT2D eigenvalue weighted by Crippen LogP contribution is 2.29. The van der Waals surface area contributed by atoms with Gasteiger partial charge in [-0.3, -0.25) is 4.98 Å². The van der Waals surface area contributed by atoms with Gasteiger partial charge in [0.15, 0.2) is 9.84 Å². The number of sulfone groups is 1. The van der Waals surface area contributed by atoms with E-state index in [1.807, 2.05) is 18.2 Å². The van der Waals surface area contributed by atoms with Crippen LogP contribution in [0.4, 0.5) is 11.4 Å². The minimum atomic E-state index is -2.91. The van der Waals surface area contributed by atoms with Crippen LogP contribution in [0.1, 0.15) is 12.8 Å². The molecular formula is C14H17N3O2S. The monoisotopic (exact) mass is 291 g/mol. The van der Waals surface area contributed by atoms with Crippen molar-refractivity contribution in [2.24, 2.45) is 0 Å². The van der Waals surface area contributed by atoms with Crippen LogP contribution in [-0.4, -0.2) is 30.9 Å². The Labute approximate surface area is 118 Å². The van der Waals surface area contributed by atoms with Gasteiger partial charge in [0.1, 0.15) is 0 Å². The lowest BCUT2D eigenvalue weighted by molar-refractivity contribution is 0.562. The second kappa shape index (κ2) is 4.94. The van der Waals surface area contributed by atoms with Crippen LogP contribution in [0.5, 0.6) is 0 Å². The molecule has 1 aliphatic heterocycles. The first-order chi connectivity index (χ1) is 9.55. The van der Waals surface area contributed by atoms with Crippen LogP contribution in [0.25, 0.3) is 10.8 Å². The number of nitrogens with zero attached hydrogens (tertiary/aromatic N) is 1. The molecule has 0 radical (unpaired) electrons. The third-order valence-corrected chi connectivity index (χ3v) is 5.50. The number of hydrogen-bond acceptors (Lipinski definition) is 5. The van der Waals surface area contributed by atoms with Crippen LogP contribution in [0.3, 0.4) is 0 Å². The van der Waals surface area contributed by atoms with Gasteiger partial charge >= 0.3 is 0 Å². The van der Waals surface area contributed by atoms with Crippen LogP contribution in [0, 0.1) is 0 Å². The van der Waals surface area contributed by atoms with Gasteiger partial charge in [-0.25, -0.2) is 8.42 Å². The Hall–Kier alpha value is -1.82. The first-order valence-electron chi connectivity index (χ1n) is 6.64. The molecule has 0 bridgehead atoms. The van der Waals surface area contributed by atoms with Gasteiger partial charge in [0, 0.05) is 40.6 Å². The van der Waals surface area contributed by atoms with Crippen LogP contribution in [-0.2, 0) is 9.84 Å². The summed E-state index contributed by atoms with van der Waals surface area (Å²) in [6.45, 7) is 0. The maximum atomic E-state index is 11.7. The van der Waals surface area contributed by atoms with Crippen LogP contribution in [0.2, 0.25) is 0 Å². The van der Waals surface area contributed by atoms with E-state index < -0.39 is 9.84 Å². The summed E-state index contributed by atoms with van der Waals surface area (Å²) in [7, 11) is -2.91. The van der Waals surface area contributed by atoms with E-state index in [1.165, 1.54) is 0 Å². The van der Waals surface area contributed by atoms with E-state index in [9.17, 15) is 8.42 Å². The van der Waals surface area contributed by atoms with Gasteiger partial charge in [0.25, 0.3) is 0 Å². The largest absolute Gasteiger partial charge is 0.398 e. The fraction of sp³-hybridized carbons (Fsp3) is 0.357. The van der Waals surface area contributed by atoms with Gasteiger partial charge in [-0.1, -0.05) is 0 Å². The zero-order chi connectivity index (χ0) is 14.2. The summed E-state index contributed by atoms with van der Waals surface area (Å²) < 4.78 is 23.4. The average Bonchev–Trinajstić information content (AvgIpc) is 2.41. The Balaban J connectivity index is 1.93. The Morgan fingerprint density at radius 2 is 2.10 bits per heavy atom. The van der Waals surface area contributed by atoms with Crippen molar-refractivity contribution >= 4 is 32.0 Å². The van der Waals surface area contributed by atoms with Crippen LogP contribution < -0.4 is 11.1 Å². The molecule has 0 spiro atoms. The number of fused-ring (bicyclic) bond motifs is 1. The maximum absolute atomic E-state index is 11.7. The van der Waals surface area contributed by atoms with Crippen LogP contribution in [0.15, 0.2) is 30.6 Å². The third-order valence-electron chi connectivity index (χ3n) is 3.67. The lowest BCUT2D eigenvalue weighted by Crippen LogP contribution is -2.34. The van der Waals surface area contributed by atoms with Crippen molar-refractivity contribution in [1.29, 1.82) is 0 Å². The van der Waals surface area contributed by atoms with Gasteiger partial charge in [0.05, 0.1) is 11.5 Å². The minimum Gasteiger partial charge on any atom is -0.398 e. The predicted molar refractivity (Wildman–Crippen MR) is 81.5 cm³/mol. The molecule has 0 amide bonds. The molecule has 1 atom stereocenters. The smallest absolute Gasteiger partial charge is 0.152 e. The van der Waals surface area contributed by atoms with Crippen molar-refractivity contribution < 1.29 is 8.42 Å². The summed E-state index contributed by atoms with van der Waals surface area (Å²) in [6, 6.07) is 5.59. The molecule has 2 aromatic rings. The van der Waals surface area contributed by atoms with Gasteiger partial charge in [0.2, 0.25) is 0 Å². The number of pyridine rings is 1. The molecule has 6 heteroatoms. The molecule has 0 aliphatic carbocycles. The molecule has 20 heavy (non-hydrogen) atoms. The number of nitrogens with one attached hydrogen (secondary N) is 1. The number of anilines is 2. The van der Waals surface area contributed by atoms with Gasteiger partial charge in [-0.05, 0) is 31.0 Å². The fourth-order valence-electron chi connectivity index (χ4n) is 2.69. The minimum absolute atomic E-state index is 0.0336. The summed E-state index contributed by atoms with van der Waals surface area (Å²) in [5.74, 6) is 0.502. The van der Waals surface area contributed by atoms with Crippen molar-refractivity contribution in [3.8, 4) is 0 Å². The van der Waals surface area contributed by atoms with E-state index in [-0.39, 0.29) is 11.8 Å². The van der Waals surface area contributed by atoms with Crippen molar-refractivity contribution in [1.82, 2.24) is 4.98 Å². The highest BCUT2D eigenvalue weighted by Gasteiger charge is 2.24. The lowest BCUT2D eigenvalue weighted by atomic mass is 10.1. The molecule has 1 fully saturated rings. The number of benzene rings is 1. The molecule has 1 saturated heterocycles. The number of hydrogen-bond donors (Lipinski definition) is 2. The first kappa shape index (κ1) is 13.2. The van der Waals surface area contributed by atoms with E-state index in [0.717, 1.165) is 22.9 Å². The molecule has 1 unspecified atom stereocenters. The van der Waals surface area contributed by atoms with E-state index in [0.29, 0.717) is 17.9 Å². The van der Waals surface area contributed by atoms with E-state index >= 15 is 0 Å².